The van der Waals surface area contributed by atoms with Crippen molar-refractivity contribution in [3.8, 4) is 5.75 Å². The van der Waals surface area contributed by atoms with Crippen LogP contribution in [-0.2, 0) is 34.1 Å². The third-order valence-corrected chi connectivity index (χ3v) is 7.29. The summed E-state index contributed by atoms with van der Waals surface area (Å²) < 4.78 is 34.5. The summed E-state index contributed by atoms with van der Waals surface area (Å²) in [5, 5.41) is 3.24. The summed E-state index contributed by atoms with van der Waals surface area (Å²) in [6.45, 7) is 4.03. The van der Waals surface area contributed by atoms with Crippen LogP contribution in [0.25, 0.3) is 0 Å². The van der Waals surface area contributed by atoms with Crippen molar-refractivity contribution < 1.29 is 17.9 Å². The van der Waals surface area contributed by atoms with Gasteiger partial charge in [0.15, 0.2) is 0 Å². The van der Waals surface area contributed by atoms with Gasteiger partial charge in [-0.15, -0.1) is 0 Å². The van der Waals surface area contributed by atoms with Gasteiger partial charge in [-0.3, -0.25) is 4.79 Å². The molecule has 6 nitrogen and oxygen atoms in total. The lowest BCUT2D eigenvalue weighted by atomic mass is 10.0. The van der Waals surface area contributed by atoms with E-state index in [1.165, 1.54) is 19.2 Å². The lowest BCUT2D eigenvalue weighted by Crippen LogP contribution is -2.45. The quantitative estimate of drug-likeness (QED) is 0.410. The first-order chi connectivity index (χ1) is 16.3. The Morgan fingerprint density at radius 3 is 2.21 bits per heavy atom. The molecule has 0 fully saturated rings. The van der Waals surface area contributed by atoms with Crippen LogP contribution in [0.2, 0.25) is 5.02 Å². The van der Waals surface area contributed by atoms with E-state index in [1.54, 1.807) is 6.07 Å². The number of carbonyl (C=O) groups is 1. The molecule has 3 aromatic rings. The number of ether oxygens (including phenoxy) is 1. The average Bonchev–Trinajstić information content (AvgIpc) is 2.84. The number of amides is 1. The first-order valence-electron chi connectivity index (χ1n) is 11.1. The Morgan fingerprint density at radius 1 is 0.971 bits per heavy atom. The molecule has 0 aromatic heterocycles. The molecule has 3 aromatic carbocycles. The lowest BCUT2D eigenvalue weighted by Gasteiger charge is -2.22. The molecule has 1 amide bonds. The van der Waals surface area contributed by atoms with Crippen LogP contribution >= 0.6 is 11.6 Å². The van der Waals surface area contributed by atoms with E-state index in [9.17, 15) is 13.2 Å². The number of carbonyl (C=O) groups excluding carboxylic acids is 1. The minimum atomic E-state index is -4.13. The standard InChI is InChI=1S/C26H29ClN2O4S/c1-4-19-12-9-13-20(5-2)25(19)28-26(30)22(16-18-10-7-6-8-11-18)29-34(31,32)24-17-21(27)14-15-23(24)33-3/h6-15,17,22,29H,4-5,16H2,1-3H3,(H,28,30)/t22-/m1/s1. The Kier molecular flexibility index (Phi) is 8.72. The SMILES string of the molecule is CCc1cccc(CC)c1NC(=O)[C@@H](Cc1ccccc1)NS(=O)(=O)c1cc(Cl)ccc1OC. The van der Waals surface area contributed by atoms with Gasteiger partial charge in [0, 0.05) is 10.7 Å². The van der Waals surface area contributed by atoms with Crippen molar-refractivity contribution in [3.05, 3.63) is 88.4 Å². The largest absolute Gasteiger partial charge is 0.495 e. The monoisotopic (exact) mass is 500 g/mol. The van der Waals surface area contributed by atoms with Gasteiger partial charge in [-0.1, -0.05) is 74.0 Å². The van der Waals surface area contributed by atoms with Gasteiger partial charge in [0.1, 0.15) is 16.7 Å². The number of halogens is 1. The molecule has 34 heavy (non-hydrogen) atoms. The minimum absolute atomic E-state index is 0.128. The van der Waals surface area contributed by atoms with E-state index in [4.69, 9.17) is 16.3 Å². The highest BCUT2D eigenvalue weighted by atomic mass is 35.5. The summed E-state index contributed by atoms with van der Waals surface area (Å²) in [5.41, 5.74) is 3.54. The van der Waals surface area contributed by atoms with Gasteiger partial charge in [-0.2, -0.15) is 4.72 Å². The Morgan fingerprint density at radius 2 is 1.62 bits per heavy atom. The first-order valence-corrected chi connectivity index (χ1v) is 13.0. The number of rotatable bonds is 10. The number of nitrogens with one attached hydrogen (secondary N) is 2. The van der Waals surface area contributed by atoms with E-state index in [0.717, 1.165) is 35.2 Å². The molecule has 0 unspecified atom stereocenters. The summed E-state index contributed by atoms with van der Waals surface area (Å²) in [7, 11) is -2.75. The predicted octanol–water partition coefficient (Wildman–Crippen LogP) is 5.00. The van der Waals surface area contributed by atoms with Crippen molar-refractivity contribution in [1.29, 1.82) is 0 Å². The van der Waals surface area contributed by atoms with Gasteiger partial charge in [0.25, 0.3) is 0 Å². The number of benzene rings is 3. The van der Waals surface area contributed by atoms with Crippen molar-refractivity contribution in [2.45, 2.75) is 44.0 Å². The maximum Gasteiger partial charge on any atom is 0.245 e. The topological polar surface area (TPSA) is 84.5 Å². The molecule has 0 spiro atoms. The van der Waals surface area contributed by atoms with Gasteiger partial charge in [-0.25, -0.2) is 8.42 Å². The smallest absolute Gasteiger partial charge is 0.245 e. The number of aryl methyl sites for hydroxylation is 2. The van der Waals surface area contributed by atoms with E-state index in [2.05, 4.69) is 10.0 Å². The highest BCUT2D eigenvalue weighted by Crippen LogP contribution is 2.28. The van der Waals surface area contributed by atoms with Crippen molar-refractivity contribution in [1.82, 2.24) is 4.72 Å². The fraction of sp³-hybridized carbons (Fsp3) is 0.269. The van der Waals surface area contributed by atoms with Crippen LogP contribution in [0.3, 0.4) is 0 Å². The Balaban J connectivity index is 1.98. The fourth-order valence-electron chi connectivity index (χ4n) is 3.76. The minimum Gasteiger partial charge on any atom is -0.495 e. The molecule has 8 heteroatoms. The van der Waals surface area contributed by atoms with E-state index < -0.39 is 22.0 Å². The zero-order valence-electron chi connectivity index (χ0n) is 19.5. The molecule has 180 valence electrons. The van der Waals surface area contributed by atoms with E-state index in [0.29, 0.717) is 0 Å². The zero-order valence-corrected chi connectivity index (χ0v) is 21.0. The van der Waals surface area contributed by atoms with Gasteiger partial charge < -0.3 is 10.1 Å². The lowest BCUT2D eigenvalue weighted by molar-refractivity contribution is -0.117. The van der Waals surface area contributed by atoms with Crippen molar-refractivity contribution >= 4 is 33.2 Å². The summed E-state index contributed by atoms with van der Waals surface area (Å²) >= 11 is 6.06. The molecule has 0 saturated carbocycles. The van der Waals surface area contributed by atoms with Gasteiger partial charge in [-0.05, 0) is 54.2 Å². The van der Waals surface area contributed by atoms with Crippen molar-refractivity contribution in [2.75, 3.05) is 12.4 Å². The second-order valence-electron chi connectivity index (χ2n) is 7.81. The molecule has 0 aliphatic rings. The highest BCUT2D eigenvalue weighted by molar-refractivity contribution is 7.89. The molecular weight excluding hydrogens is 472 g/mol. The summed E-state index contributed by atoms with van der Waals surface area (Å²) in [4.78, 5) is 13.4. The Hall–Kier alpha value is -2.87. The molecule has 0 saturated heterocycles. The predicted molar refractivity (Wildman–Crippen MR) is 136 cm³/mol. The maximum absolute atomic E-state index is 13.5. The summed E-state index contributed by atoms with van der Waals surface area (Å²) in [5.74, 6) is -0.301. The van der Waals surface area contributed by atoms with Crippen LogP contribution in [0.15, 0.2) is 71.6 Å². The van der Waals surface area contributed by atoms with Gasteiger partial charge >= 0.3 is 0 Å². The second kappa shape index (κ2) is 11.5. The molecule has 0 aliphatic carbocycles. The third kappa shape index (κ3) is 6.17. The van der Waals surface area contributed by atoms with Crippen LogP contribution < -0.4 is 14.8 Å². The molecule has 0 heterocycles. The summed E-state index contributed by atoms with van der Waals surface area (Å²) in [6.07, 6.45) is 1.64. The molecule has 2 N–H and O–H groups in total. The summed E-state index contributed by atoms with van der Waals surface area (Å²) in [6, 6.07) is 18.4. The van der Waals surface area contributed by atoms with Crippen LogP contribution in [0.1, 0.15) is 30.5 Å². The number of para-hydroxylation sites is 1. The van der Waals surface area contributed by atoms with Crippen LogP contribution in [0, 0.1) is 0 Å². The van der Waals surface area contributed by atoms with Gasteiger partial charge in [0.2, 0.25) is 15.9 Å². The molecule has 0 radical (unpaired) electrons. The number of hydrogen-bond acceptors (Lipinski definition) is 4. The number of methoxy groups -OCH3 is 1. The average molecular weight is 501 g/mol. The number of anilines is 1. The second-order valence-corrected chi connectivity index (χ2v) is 9.93. The normalized spacial score (nSPS) is 12.2. The number of sulfonamides is 1. The molecule has 0 aliphatic heterocycles. The zero-order chi connectivity index (χ0) is 24.7. The molecular formula is C26H29ClN2O4S. The number of hydrogen-bond donors (Lipinski definition) is 2. The highest BCUT2D eigenvalue weighted by Gasteiger charge is 2.29. The molecule has 3 rings (SSSR count). The van der Waals surface area contributed by atoms with Crippen LogP contribution in [0.5, 0.6) is 5.75 Å². The Bertz CT molecular complexity index is 1220. The van der Waals surface area contributed by atoms with E-state index >= 15 is 0 Å². The third-order valence-electron chi connectivity index (χ3n) is 5.56. The first kappa shape index (κ1) is 25.7. The van der Waals surface area contributed by atoms with E-state index in [-0.39, 0.29) is 22.1 Å². The van der Waals surface area contributed by atoms with Crippen LogP contribution in [0.4, 0.5) is 5.69 Å². The van der Waals surface area contributed by atoms with Crippen molar-refractivity contribution in [2.24, 2.45) is 0 Å². The van der Waals surface area contributed by atoms with Crippen molar-refractivity contribution in [3.63, 3.8) is 0 Å². The van der Waals surface area contributed by atoms with Crippen LogP contribution in [-0.4, -0.2) is 27.5 Å². The Labute approximate surface area is 206 Å². The fourth-order valence-corrected chi connectivity index (χ4v) is 5.39. The molecule has 0 bridgehead atoms. The molecule has 1 atom stereocenters. The van der Waals surface area contributed by atoms with E-state index in [1.807, 2.05) is 62.4 Å². The van der Waals surface area contributed by atoms with Gasteiger partial charge in [0.05, 0.1) is 7.11 Å². The maximum atomic E-state index is 13.5.